The number of ether oxygens (including phenoxy) is 7. The molecule has 3 aliphatic rings. The second-order valence-corrected chi connectivity index (χ2v) is 15.1. The first-order chi connectivity index (χ1) is 22.4. The van der Waals surface area contributed by atoms with E-state index in [-0.39, 0.29) is 21.3 Å². The quantitative estimate of drug-likeness (QED) is 0.253. The maximum absolute atomic E-state index is 13.6. The van der Waals surface area contributed by atoms with Crippen LogP contribution < -0.4 is 14.4 Å². The fourth-order valence-electron chi connectivity index (χ4n) is 6.24. The van der Waals surface area contributed by atoms with Crippen molar-refractivity contribution in [3.63, 3.8) is 0 Å². The van der Waals surface area contributed by atoms with Crippen molar-refractivity contribution < 1.29 is 42.4 Å². The van der Waals surface area contributed by atoms with E-state index < -0.39 is 41.6 Å². The Morgan fingerprint density at radius 2 is 1.38 bits per heavy atom. The van der Waals surface area contributed by atoms with Gasteiger partial charge in [0.05, 0.1) is 12.2 Å². The number of anilines is 1. The van der Waals surface area contributed by atoms with Crippen molar-refractivity contribution in [1.82, 2.24) is 0 Å². The van der Waals surface area contributed by atoms with Gasteiger partial charge in [-0.1, -0.05) is 81.4 Å². The molecular weight excluding hydrogens is 618 g/mol. The number of cyclic esters (lactones) is 1. The summed E-state index contributed by atoms with van der Waals surface area (Å²) in [7, 11) is 3.15. The summed E-state index contributed by atoms with van der Waals surface area (Å²) in [6.45, 7) is 11.0. The van der Waals surface area contributed by atoms with Crippen LogP contribution in [-0.2, 0) is 33.7 Å². The number of hydrogen-bond donors (Lipinski definition) is 0. The third kappa shape index (κ3) is 6.16. The summed E-state index contributed by atoms with van der Waals surface area (Å²) in [5.74, 6) is -1.56. The van der Waals surface area contributed by atoms with Crippen molar-refractivity contribution in [3.8, 4) is 11.5 Å². The maximum atomic E-state index is 13.6. The SMILES string of the molecule is CO[C@]1(C)O[C@@H]([C@@H]2CN(c3ccc4c(c3)OCCO4)C(=O)O2)[C@@H](C(O[Si]C(C)(C)C)(c2ccccc2)c2ccccc2)O[C@@]1(C)OC. The van der Waals surface area contributed by atoms with Gasteiger partial charge in [-0.15, -0.1) is 0 Å². The van der Waals surface area contributed by atoms with E-state index in [9.17, 15) is 4.79 Å². The average Bonchev–Trinajstić information content (AvgIpc) is 3.47. The zero-order valence-corrected chi connectivity index (χ0v) is 29.0. The molecule has 0 bridgehead atoms. The summed E-state index contributed by atoms with van der Waals surface area (Å²) < 4.78 is 50.9. The lowest BCUT2D eigenvalue weighted by Gasteiger charge is -2.57. The molecule has 3 aliphatic heterocycles. The summed E-state index contributed by atoms with van der Waals surface area (Å²) in [6, 6.07) is 25.3. The first kappa shape index (κ1) is 33.4. The van der Waals surface area contributed by atoms with Crippen LogP contribution in [0, 0.1) is 0 Å². The van der Waals surface area contributed by atoms with Gasteiger partial charge in [-0.3, -0.25) is 4.90 Å². The van der Waals surface area contributed by atoms with E-state index in [1.165, 1.54) is 0 Å². The number of methoxy groups -OCH3 is 2. The van der Waals surface area contributed by atoms with Crippen LogP contribution >= 0.6 is 0 Å². The molecular formula is C36H43NO9Si. The second kappa shape index (κ2) is 12.9. The maximum Gasteiger partial charge on any atom is 0.414 e. The van der Waals surface area contributed by atoms with Crippen LogP contribution in [0.1, 0.15) is 45.7 Å². The van der Waals surface area contributed by atoms with Gasteiger partial charge >= 0.3 is 6.09 Å². The molecule has 2 radical (unpaired) electrons. The lowest BCUT2D eigenvalue weighted by atomic mass is 9.77. The number of rotatable bonds is 9. The normalized spacial score (nSPS) is 27.9. The van der Waals surface area contributed by atoms with Crippen LogP contribution in [0.25, 0.3) is 0 Å². The highest BCUT2D eigenvalue weighted by Gasteiger charge is 2.65. The van der Waals surface area contributed by atoms with E-state index in [1.54, 1.807) is 45.1 Å². The van der Waals surface area contributed by atoms with Gasteiger partial charge in [0.2, 0.25) is 21.3 Å². The second-order valence-electron chi connectivity index (χ2n) is 13.2. The smallest absolute Gasteiger partial charge is 0.414 e. The van der Waals surface area contributed by atoms with Gasteiger partial charge in [-0.05, 0) is 42.1 Å². The molecule has 0 saturated carbocycles. The molecule has 2 fully saturated rings. The van der Waals surface area contributed by atoms with Crippen molar-refractivity contribution in [2.75, 3.05) is 38.9 Å². The number of nitrogens with zero attached hydrogens (tertiary/aromatic N) is 1. The topological polar surface area (TPSA) is 94.2 Å². The van der Waals surface area contributed by atoms with Gasteiger partial charge in [0, 0.05) is 20.3 Å². The first-order valence-corrected chi connectivity index (χ1v) is 16.7. The van der Waals surface area contributed by atoms with Gasteiger partial charge in [0.1, 0.15) is 31.0 Å². The lowest BCUT2D eigenvalue weighted by molar-refractivity contribution is -0.463. The minimum absolute atomic E-state index is 0.0561. The largest absolute Gasteiger partial charge is 0.486 e. The molecule has 47 heavy (non-hydrogen) atoms. The molecule has 2 saturated heterocycles. The Morgan fingerprint density at radius 1 is 0.809 bits per heavy atom. The third-order valence-corrected chi connectivity index (χ3v) is 10.0. The van der Waals surface area contributed by atoms with E-state index in [2.05, 4.69) is 20.8 Å². The molecule has 3 aromatic carbocycles. The molecule has 0 spiro atoms. The monoisotopic (exact) mass is 661 g/mol. The number of fused-ring (bicyclic) bond motifs is 1. The van der Waals surface area contributed by atoms with E-state index >= 15 is 0 Å². The molecule has 3 aromatic rings. The highest BCUT2D eigenvalue weighted by molar-refractivity contribution is 6.32. The Kier molecular flexibility index (Phi) is 9.16. The molecule has 1 amide bonds. The fraction of sp³-hybridized carbons (Fsp3) is 0.472. The minimum atomic E-state index is -1.38. The molecule has 11 heteroatoms. The zero-order valence-electron chi connectivity index (χ0n) is 28.0. The highest BCUT2D eigenvalue weighted by Crippen LogP contribution is 2.51. The van der Waals surface area contributed by atoms with Crippen LogP contribution in [0.15, 0.2) is 78.9 Å². The van der Waals surface area contributed by atoms with Crippen molar-refractivity contribution in [2.24, 2.45) is 0 Å². The minimum Gasteiger partial charge on any atom is -0.486 e. The Labute approximate surface area is 279 Å². The van der Waals surface area contributed by atoms with Crippen molar-refractivity contribution in [2.45, 2.75) is 75.1 Å². The number of benzene rings is 3. The summed E-state index contributed by atoms with van der Waals surface area (Å²) in [6.07, 6.45) is -3.06. The van der Waals surface area contributed by atoms with Crippen LogP contribution in [0.4, 0.5) is 10.5 Å². The average molecular weight is 662 g/mol. The zero-order chi connectivity index (χ0) is 33.5. The highest BCUT2D eigenvalue weighted by atomic mass is 28.2. The summed E-state index contributed by atoms with van der Waals surface area (Å²) >= 11 is 0. The molecule has 250 valence electrons. The number of carbonyl (C=O) groups excluding carboxylic acids is 1. The van der Waals surface area contributed by atoms with Gasteiger partial charge in [0.15, 0.2) is 17.6 Å². The summed E-state index contributed by atoms with van der Waals surface area (Å²) in [5, 5.41) is -0.180. The van der Waals surface area contributed by atoms with Gasteiger partial charge in [0.25, 0.3) is 0 Å². The summed E-state index contributed by atoms with van der Waals surface area (Å²) in [4.78, 5) is 15.2. The van der Waals surface area contributed by atoms with Gasteiger partial charge < -0.3 is 37.6 Å². The molecule has 10 nitrogen and oxygen atoms in total. The van der Waals surface area contributed by atoms with Crippen LogP contribution in [0.5, 0.6) is 11.5 Å². The van der Waals surface area contributed by atoms with Crippen LogP contribution in [0.2, 0.25) is 5.04 Å². The molecule has 0 aromatic heterocycles. The van der Waals surface area contributed by atoms with Gasteiger partial charge in [-0.25, -0.2) is 4.79 Å². The standard InChI is InChI=1S/C36H43NO9Si/c1-33(2,3)47-46-36(24-14-10-8-11-15-24,25-16-12-9-13-17-25)31-30(44-34(4,39-6)35(5,40-7)45-31)29-23-37(32(38)43-29)26-18-19-27-28(22-26)42-21-20-41-27/h8-19,22,29-31H,20-21,23H2,1-7H3/t29-,30-,31-,34+,35+/m0/s1. The van der Waals surface area contributed by atoms with E-state index in [0.29, 0.717) is 30.4 Å². The van der Waals surface area contributed by atoms with Gasteiger partial charge in [-0.2, -0.15) is 0 Å². The Hall–Kier alpha value is -3.45. The number of carbonyl (C=O) groups is 1. The number of amides is 1. The van der Waals surface area contributed by atoms with Crippen molar-refractivity contribution in [1.29, 1.82) is 0 Å². The molecule has 0 unspecified atom stereocenters. The van der Waals surface area contributed by atoms with Crippen LogP contribution in [-0.4, -0.2) is 79.7 Å². The summed E-state index contributed by atoms with van der Waals surface area (Å²) in [5.41, 5.74) is 1.11. The Bertz CT molecular complexity index is 1510. The van der Waals surface area contributed by atoms with E-state index in [0.717, 1.165) is 11.1 Å². The first-order valence-electron chi connectivity index (χ1n) is 15.8. The fourth-order valence-corrected chi connectivity index (χ4v) is 7.06. The molecule has 5 atom stereocenters. The third-order valence-electron chi connectivity index (χ3n) is 8.98. The predicted molar refractivity (Wildman–Crippen MR) is 176 cm³/mol. The van der Waals surface area contributed by atoms with Crippen molar-refractivity contribution in [3.05, 3.63) is 90.0 Å². The lowest BCUT2D eigenvalue weighted by Crippen LogP contribution is -2.71. The van der Waals surface area contributed by atoms with Crippen LogP contribution in [0.3, 0.4) is 0 Å². The van der Waals surface area contributed by atoms with E-state index in [4.69, 9.17) is 37.6 Å². The molecule has 3 heterocycles. The Balaban J connectivity index is 1.49. The van der Waals surface area contributed by atoms with E-state index in [1.807, 2.05) is 66.7 Å². The Morgan fingerprint density at radius 3 is 1.96 bits per heavy atom. The molecule has 0 N–H and O–H groups in total. The number of hydrogen-bond acceptors (Lipinski definition) is 9. The molecule has 0 aliphatic carbocycles. The van der Waals surface area contributed by atoms with Crippen molar-refractivity contribution >= 4 is 21.5 Å². The molecule has 6 rings (SSSR count). The predicted octanol–water partition coefficient (Wildman–Crippen LogP) is 6.09.